The number of benzene rings is 1. The number of hydrogen-bond donors (Lipinski definition) is 1. The first kappa shape index (κ1) is 16.7. The Bertz CT molecular complexity index is 767. The second-order valence-corrected chi connectivity index (χ2v) is 6.41. The number of H-pyrrole nitrogens is 1. The molecule has 1 saturated carbocycles. The van der Waals surface area contributed by atoms with Gasteiger partial charge in [0.15, 0.2) is 0 Å². The average molecular weight is 329 g/mol. The smallest absolute Gasteiger partial charge is 0.354 e. The summed E-state index contributed by atoms with van der Waals surface area (Å²) in [5.74, 6) is 0.0319. The molecule has 1 fully saturated rings. The zero-order valence-electron chi connectivity index (χ0n) is 13.9. The molecule has 0 unspecified atom stereocenters. The number of esters is 1. The van der Waals surface area contributed by atoms with Crippen molar-refractivity contribution in [3.8, 4) is 0 Å². The number of hydrogen-bond acceptors (Lipinski definition) is 4. The molecular weight excluding hydrogens is 306 g/mol. The normalized spacial score (nSPS) is 20.9. The number of carbonyl (C=O) groups excluding carboxylic acids is 1. The lowest BCUT2D eigenvalue weighted by Gasteiger charge is -2.28. The van der Waals surface area contributed by atoms with Crippen molar-refractivity contribution in [2.24, 2.45) is 5.92 Å². The van der Waals surface area contributed by atoms with Gasteiger partial charge in [-0.1, -0.05) is 38.0 Å². The molecule has 128 valence electrons. The van der Waals surface area contributed by atoms with E-state index in [0.29, 0.717) is 17.9 Å². The van der Waals surface area contributed by atoms with Crippen molar-refractivity contribution in [1.82, 2.24) is 4.98 Å². The Labute approximate surface area is 141 Å². The molecule has 5 nitrogen and oxygen atoms in total. The molecule has 2 atom stereocenters. The van der Waals surface area contributed by atoms with Crippen molar-refractivity contribution < 1.29 is 14.3 Å². The van der Waals surface area contributed by atoms with Crippen LogP contribution in [-0.2, 0) is 9.47 Å². The van der Waals surface area contributed by atoms with E-state index in [4.69, 9.17) is 9.47 Å². The number of nitrogens with one attached hydrogen (secondary N) is 1. The molecule has 0 aliphatic heterocycles. The molecule has 1 heterocycles. The Hall–Kier alpha value is -2.14. The minimum atomic E-state index is -0.529. The van der Waals surface area contributed by atoms with Gasteiger partial charge in [-0.25, -0.2) is 4.79 Å². The van der Waals surface area contributed by atoms with Gasteiger partial charge in [-0.3, -0.25) is 4.79 Å². The van der Waals surface area contributed by atoms with Gasteiger partial charge in [0.05, 0.1) is 12.7 Å². The second-order valence-electron chi connectivity index (χ2n) is 6.41. The van der Waals surface area contributed by atoms with Crippen LogP contribution in [0.1, 0.15) is 43.1 Å². The number of ether oxygens (including phenoxy) is 2. The van der Waals surface area contributed by atoms with Crippen molar-refractivity contribution in [2.45, 2.75) is 38.7 Å². The fourth-order valence-electron chi connectivity index (χ4n) is 3.26. The molecule has 0 bridgehead atoms. The van der Waals surface area contributed by atoms with E-state index in [1.54, 1.807) is 24.3 Å². The summed E-state index contributed by atoms with van der Waals surface area (Å²) in [5.41, 5.74) is -0.114. The van der Waals surface area contributed by atoms with Crippen LogP contribution in [0.2, 0.25) is 0 Å². The molecule has 2 aromatic rings. The highest BCUT2D eigenvalue weighted by atomic mass is 16.6. The van der Waals surface area contributed by atoms with E-state index in [0.717, 1.165) is 11.8 Å². The predicted octanol–water partition coefficient (Wildman–Crippen LogP) is 3.28. The summed E-state index contributed by atoms with van der Waals surface area (Å²) in [6, 6.07) is 8.79. The van der Waals surface area contributed by atoms with E-state index in [2.05, 4.69) is 11.9 Å². The van der Waals surface area contributed by atoms with E-state index in [1.807, 2.05) is 6.07 Å². The number of aromatic amines is 1. The highest BCUT2D eigenvalue weighted by Crippen LogP contribution is 2.26. The highest BCUT2D eigenvalue weighted by molar-refractivity contribution is 5.92. The third-order valence-corrected chi connectivity index (χ3v) is 4.65. The van der Waals surface area contributed by atoms with Crippen LogP contribution in [0.25, 0.3) is 10.8 Å². The van der Waals surface area contributed by atoms with Crippen LogP contribution in [-0.4, -0.2) is 30.3 Å². The van der Waals surface area contributed by atoms with Gasteiger partial charge in [-0.15, -0.1) is 0 Å². The third-order valence-electron chi connectivity index (χ3n) is 4.65. The molecule has 1 aromatic heterocycles. The molecule has 0 saturated heterocycles. The van der Waals surface area contributed by atoms with Gasteiger partial charge in [0, 0.05) is 5.39 Å². The summed E-state index contributed by atoms with van der Waals surface area (Å²) in [6.45, 7) is 2.78. The minimum Gasteiger partial charge on any atom is -0.459 e. The van der Waals surface area contributed by atoms with Crippen molar-refractivity contribution in [3.05, 3.63) is 46.4 Å². The van der Waals surface area contributed by atoms with Gasteiger partial charge in [0.25, 0.3) is 5.56 Å². The quantitative estimate of drug-likeness (QED) is 0.675. The average Bonchev–Trinajstić information content (AvgIpc) is 2.60. The fourth-order valence-corrected chi connectivity index (χ4v) is 3.26. The number of fused-ring (bicyclic) bond motifs is 1. The zero-order chi connectivity index (χ0) is 16.9. The number of rotatable bonds is 5. The molecule has 5 heteroatoms. The van der Waals surface area contributed by atoms with Crippen molar-refractivity contribution in [2.75, 3.05) is 13.2 Å². The van der Waals surface area contributed by atoms with Crippen LogP contribution < -0.4 is 5.56 Å². The first-order valence-electron chi connectivity index (χ1n) is 8.56. The molecule has 0 spiro atoms. The lowest BCUT2D eigenvalue weighted by molar-refractivity contribution is -0.0272. The van der Waals surface area contributed by atoms with E-state index in [9.17, 15) is 9.59 Å². The second kappa shape index (κ2) is 7.62. The van der Waals surface area contributed by atoms with Crippen molar-refractivity contribution in [3.63, 3.8) is 0 Å². The first-order valence-corrected chi connectivity index (χ1v) is 8.56. The Morgan fingerprint density at radius 2 is 2.00 bits per heavy atom. The zero-order valence-corrected chi connectivity index (χ0v) is 13.9. The largest absolute Gasteiger partial charge is 0.459 e. The Morgan fingerprint density at radius 1 is 1.21 bits per heavy atom. The Kier molecular flexibility index (Phi) is 5.30. The molecule has 1 aliphatic rings. The monoisotopic (exact) mass is 329 g/mol. The molecule has 0 radical (unpaired) electrons. The SMILES string of the molecule is C[C@H]1CCCC[C@H]1OCCOC(=O)c1cc2ccccc2c(=O)[nH]1. The molecule has 1 aromatic carbocycles. The van der Waals surface area contributed by atoms with Gasteiger partial charge < -0.3 is 14.5 Å². The van der Waals surface area contributed by atoms with Crippen LogP contribution in [0.15, 0.2) is 35.1 Å². The van der Waals surface area contributed by atoms with Gasteiger partial charge in [-0.05, 0) is 36.3 Å². The van der Waals surface area contributed by atoms with Crippen LogP contribution in [0.3, 0.4) is 0 Å². The maximum Gasteiger partial charge on any atom is 0.354 e. The molecule has 3 rings (SSSR count). The van der Waals surface area contributed by atoms with Crippen LogP contribution in [0.5, 0.6) is 0 Å². The summed E-state index contributed by atoms with van der Waals surface area (Å²) in [7, 11) is 0. The predicted molar refractivity (Wildman–Crippen MR) is 92.2 cm³/mol. The van der Waals surface area contributed by atoms with E-state index in [1.165, 1.54) is 19.3 Å². The van der Waals surface area contributed by atoms with E-state index < -0.39 is 5.97 Å². The lowest BCUT2D eigenvalue weighted by Crippen LogP contribution is -2.27. The van der Waals surface area contributed by atoms with E-state index in [-0.39, 0.29) is 24.0 Å². The van der Waals surface area contributed by atoms with E-state index >= 15 is 0 Å². The number of carbonyl (C=O) groups is 1. The molecule has 0 amide bonds. The van der Waals surface area contributed by atoms with Crippen LogP contribution in [0.4, 0.5) is 0 Å². The van der Waals surface area contributed by atoms with Gasteiger partial charge in [-0.2, -0.15) is 0 Å². The summed E-state index contributed by atoms with van der Waals surface area (Å²) < 4.78 is 11.1. The van der Waals surface area contributed by atoms with Gasteiger partial charge in [0.1, 0.15) is 12.3 Å². The van der Waals surface area contributed by atoms with Crippen LogP contribution >= 0.6 is 0 Å². The third kappa shape index (κ3) is 3.85. The standard InChI is InChI=1S/C19H23NO4/c1-13-6-2-5-9-17(13)23-10-11-24-19(22)16-12-14-7-3-4-8-15(14)18(21)20-16/h3-4,7-8,12-13,17H,2,5-6,9-11H2,1H3,(H,20,21)/t13-,17+/m0/s1. The Balaban J connectivity index is 1.54. The topological polar surface area (TPSA) is 68.4 Å². The lowest BCUT2D eigenvalue weighted by atomic mass is 9.88. The number of aromatic nitrogens is 1. The highest BCUT2D eigenvalue weighted by Gasteiger charge is 2.21. The van der Waals surface area contributed by atoms with Crippen LogP contribution in [0, 0.1) is 5.92 Å². The van der Waals surface area contributed by atoms with Crippen molar-refractivity contribution in [1.29, 1.82) is 0 Å². The minimum absolute atomic E-state index is 0.171. The van der Waals surface area contributed by atoms with Crippen molar-refractivity contribution >= 4 is 16.7 Å². The summed E-state index contributed by atoms with van der Waals surface area (Å²) in [4.78, 5) is 26.7. The fraction of sp³-hybridized carbons (Fsp3) is 0.474. The molecule has 24 heavy (non-hydrogen) atoms. The summed E-state index contributed by atoms with van der Waals surface area (Å²) >= 11 is 0. The molecule has 1 aliphatic carbocycles. The maximum absolute atomic E-state index is 12.1. The maximum atomic E-state index is 12.1. The molecule has 1 N–H and O–H groups in total. The van der Waals surface area contributed by atoms with Gasteiger partial charge >= 0.3 is 5.97 Å². The molecular formula is C19H23NO4. The Morgan fingerprint density at radius 3 is 2.83 bits per heavy atom. The summed E-state index contributed by atoms with van der Waals surface area (Å²) in [6.07, 6.45) is 5.01. The first-order chi connectivity index (χ1) is 11.6. The van der Waals surface area contributed by atoms with Gasteiger partial charge in [0.2, 0.25) is 0 Å². The summed E-state index contributed by atoms with van der Waals surface area (Å²) in [5, 5.41) is 1.28. The number of pyridine rings is 1.